The highest BCUT2D eigenvalue weighted by atomic mass is 35.5. The lowest BCUT2D eigenvalue weighted by Gasteiger charge is -2.10. The molecule has 0 saturated heterocycles. The first kappa shape index (κ1) is 14.4. The van der Waals surface area contributed by atoms with Crippen LogP contribution in [0.25, 0.3) is 0 Å². The lowest BCUT2D eigenvalue weighted by atomic mass is 10.1. The lowest BCUT2D eigenvalue weighted by Crippen LogP contribution is -3.00. The summed E-state index contributed by atoms with van der Waals surface area (Å²) in [5.74, 6) is 0.406. The maximum absolute atomic E-state index is 11.3. The fourth-order valence-corrected chi connectivity index (χ4v) is 1.18. The van der Waals surface area contributed by atoms with E-state index in [0.717, 1.165) is 0 Å². The number of hydrogen-bond acceptors (Lipinski definition) is 5. The molecule has 0 aromatic heterocycles. The largest absolute Gasteiger partial charge is 1.00 e. The van der Waals surface area contributed by atoms with Crippen LogP contribution < -0.4 is 27.6 Å². The maximum Gasteiger partial charge on any atom is 0.340 e. The highest BCUT2D eigenvalue weighted by Gasteiger charge is 2.15. The first-order valence-corrected chi connectivity index (χ1v) is 4.23. The predicted molar refractivity (Wildman–Crippen MR) is 55.3 cm³/mol. The van der Waals surface area contributed by atoms with Gasteiger partial charge in [0.05, 0.1) is 32.6 Å². The molecule has 0 aliphatic rings. The molecule has 0 bridgehead atoms. The van der Waals surface area contributed by atoms with Gasteiger partial charge in [-0.1, -0.05) is 0 Å². The summed E-state index contributed by atoms with van der Waals surface area (Å²) in [7, 11) is 4.27. The summed E-state index contributed by atoms with van der Waals surface area (Å²) in [6.07, 6.45) is 0. The minimum Gasteiger partial charge on any atom is -1.00 e. The average Bonchev–Trinajstić information content (AvgIpc) is 2.27. The molecule has 0 amide bonds. The molecule has 0 spiro atoms. The summed E-state index contributed by atoms with van der Waals surface area (Å²) >= 11 is 0. The van der Waals surface area contributed by atoms with E-state index in [9.17, 15) is 4.79 Å². The number of nitrogens with two attached hydrogens (primary N) is 1. The van der Waals surface area contributed by atoms with E-state index in [1.54, 1.807) is 0 Å². The van der Waals surface area contributed by atoms with Gasteiger partial charge in [0, 0.05) is 12.1 Å². The number of hydrogen-bond donors (Lipinski definition) is 1. The number of ether oxygens (including phenoxy) is 3. The lowest BCUT2D eigenvalue weighted by molar-refractivity contribution is -0.0000184. The Labute approximate surface area is 99.9 Å². The Morgan fingerprint density at radius 3 is 2.06 bits per heavy atom. The Balaban J connectivity index is 0.00000225. The predicted octanol–water partition coefficient (Wildman–Crippen LogP) is -1.92. The van der Waals surface area contributed by atoms with Crippen LogP contribution in [0.5, 0.6) is 11.5 Å². The van der Waals surface area contributed by atoms with Gasteiger partial charge in [-0.3, -0.25) is 0 Å². The average molecular weight is 247 g/mol. The quantitative estimate of drug-likeness (QED) is 0.497. The zero-order valence-corrected chi connectivity index (χ0v) is 10.00. The molecule has 0 atom stereocenters. The van der Waals surface area contributed by atoms with Crippen molar-refractivity contribution in [1.29, 1.82) is 0 Å². The zero-order valence-electron chi connectivity index (χ0n) is 9.24. The van der Waals surface area contributed by atoms with Gasteiger partial charge in [0.1, 0.15) is 0 Å². The van der Waals surface area contributed by atoms with Crippen molar-refractivity contribution < 1.29 is 31.4 Å². The molecule has 0 unspecified atom stereocenters. The molecule has 1 aromatic carbocycles. The highest BCUT2D eigenvalue weighted by Crippen LogP contribution is 2.32. The van der Waals surface area contributed by atoms with Gasteiger partial charge < -0.3 is 32.4 Å². The van der Waals surface area contributed by atoms with Gasteiger partial charge in [0.15, 0.2) is 11.5 Å². The Morgan fingerprint density at radius 1 is 1.12 bits per heavy atom. The molecule has 0 aliphatic carbocycles. The smallest absolute Gasteiger partial charge is 0.340 e. The van der Waals surface area contributed by atoms with Crippen molar-refractivity contribution in [3.8, 4) is 11.5 Å². The van der Waals surface area contributed by atoms with Crippen LogP contribution in [0.2, 0.25) is 0 Å². The van der Waals surface area contributed by atoms with E-state index in [-0.39, 0.29) is 18.0 Å². The fraction of sp³-hybridized carbons (Fsp3) is 0.300. The van der Waals surface area contributed by atoms with E-state index in [4.69, 9.17) is 15.2 Å². The monoisotopic (exact) mass is 246 g/mol. The molecule has 1 aromatic rings. The van der Waals surface area contributed by atoms with Gasteiger partial charge in [0.25, 0.3) is 0 Å². The number of carbonyl (C=O) groups is 1. The second kappa shape index (κ2) is 6.07. The molecule has 0 aliphatic heterocycles. The topological polar surface area (TPSA) is 70.8 Å². The Kier molecular flexibility index (Phi) is 5.46. The zero-order chi connectivity index (χ0) is 11.4. The van der Waals surface area contributed by atoms with Crippen molar-refractivity contribution in [2.45, 2.75) is 0 Å². The molecular weight excluding hydrogens is 234 g/mol. The molecule has 5 nitrogen and oxygen atoms in total. The van der Waals surface area contributed by atoms with Crippen LogP contribution in [0.1, 0.15) is 10.4 Å². The number of anilines is 1. The molecule has 6 heteroatoms. The third-order valence-corrected chi connectivity index (χ3v) is 1.96. The Morgan fingerprint density at radius 2 is 1.62 bits per heavy atom. The molecule has 2 N–H and O–H groups in total. The molecule has 0 saturated carbocycles. The van der Waals surface area contributed by atoms with Gasteiger partial charge in [0.2, 0.25) is 0 Å². The van der Waals surface area contributed by atoms with Crippen LogP contribution in [0.4, 0.5) is 5.69 Å². The fourth-order valence-electron chi connectivity index (χ4n) is 1.18. The van der Waals surface area contributed by atoms with Gasteiger partial charge >= 0.3 is 5.97 Å². The Bertz CT molecular complexity index is 381. The van der Waals surface area contributed by atoms with Crippen molar-refractivity contribution in [1.82, 2.24) is 0 Å². The number of rotatable bonds is 3. The Hall–Kier alpha value is -1.62. The number of benzene rings is 1. The summed E-state index contributed by atoms with van der Waals surface area (Å²) in [4.78, 5) is 11.3. The van der Waals surface area contributed by atoms with E-state index in [0.29, 0.717) is 17.2 Å². The minimum atomic E-state index is -0.506. The van der Waals surface area contributed by atoms with Crippen LogP contribution in [0.3, 0.4) is 0 Å². The second-order valence-electron chi connectivity index (χ2n) is 2.79. The molecule has 1 rings (SSSR count). The van der Waals surface area contributed by atoms with Crippen LogP contribution in [0, 0.1) is 0 Å². The van der Waals surface area contributed by atoms with Gasteiger partial charge in [-0.25, -0.2) is 4.79 Å². The summed E-state index contributed by atoms with van der Waals surface area (Å²) in [5.41, 5.74) is 6.21. The van der Waals surface area contributed by atoms with Crippen LogP contribution in [-0.4, -0.2) is 27.3 Å². The summed E-state index contributed by atoms with van der Waals surface area (Å²) in [6.45, 7) is 0. The molecule has 0 heterocycles. The number of methoxy groups -OCH3 is 3. The van der Waals surface area contributed by atoms with Crippen LogP contribution in [-0.2, 0) is 4.74 Å². The van der Waals surface area contributed by atoms with Crippen molar-refractivity contribution in [3.05, 3.63) is 17.7 Å². The van der Waals surface area contributed by atoms with E-state index in [2.05, 4.69) is 4.74 Å². The molecule has 0 fully saturated rings. The second-order valence-corrected chi connectivity index (χ2v) is 2.79. The summed E-state index contributed by atoms with van der Waals surface area (Å²) in [6, 6.07) is 3.01. The highest BCUT2D eigenvalue weighted by molar-refractivity contribution is 5.96. The minimum absolute atomic E-state index is 0. The van der Waals surface area contributed by atoms with Crippen LogP contribution in [0.15, 0.2) is 12.1 Å². The summed E-state index contributed by atoms with van der Waals surface area (Å²) < 4.78 is 14.6. The van der Waals surface area contributed by atoms with E-state index < -0.39 is 5.97 Å². The maximum atomic E-state index is 11.3. The SMILES string of the molecule is COC(=O)c1cc(OC)c(OC)cc1N.[Cl-]. The normalized spacial score (nSPS) is 8.94. The number of esters is 1. The number of carbonyl (C=O) groups excluding carboxylic acids is 1. The van der Waals surface area contributed by atoms with Gasteiger partial charge in [-0.15, -0.1) is 0 Å². The number of halogens is 1. The van der Waals surface area contributed by atoms with E-state index in [1.165, 1.54) is 33.5 Å². The van der Waals surface area contributed by atoms with Gasteiger partial charge in [-0.05, 0) is 0 Å². The third-order valence-electron chi connectivity index (χ3n) is 1.96. The van der Waals surface area contributed by atoms with E-state index >= 15 is 0 Å². The van der Waals surface area contributed by atoms with Crippen molar-refractivity contribution in [3.63, 3.8) is 0 Å². The first-order valence-electron chi connectivity index (χ1n) is 4.23. The van der Waals surface area contributed by atoms with E-state index in [1.807, 2.05) is 0 Å². The van der Waals surface area contributed by atoms with Crippen molar-refractivity contribution in [2.24, 2.45) is 0 Å². The first-order chi connectivity index (χ1) is 7.13. The standard InChI is InChI=1S/C10H13NO4.ClH/c1-13-8-4-6(10(12)15-3)7(11)5-9(8)14-2;/h4-5H,11H2,1-3H3;1H/p-1. The van der Waals surface area contributed by atoms with Crippen molar-refractivity contribution >= 4 is 11.7 Å². The molecule has 16 heavy (non-hydrogen) atoms. The third kappa shape index (κ3) is 2.70. The molecular formula is C10H13ClNO4-. The van der Waals surface area contributed by atoms with Crippen LogP contribution >= 0.6 is 0 Å². The molecule has 0 radical (unpaired) electrons. The van der Waals surface area contributed by atoms with Gasteiger partial charge in [-0.2, -0.15) is 0 Å². The number of nitrogen functional groups attached to an aromatic ring is 1. The molecule has 90 valence electrons. The summed E-state index contributed by atoms with van der Waals surface area (Å²) in [5, 5.41) is 0. The van der Waals surface area contributed by atoms with Crippen molar-refractivity contribution in [2.75, 3.05) is 27.1 Å².